The normalized spacial score (nSPS) is 12.1. The van der Waals surface area contributed by atoms with E-state index in [4.69, 9.17) is 23.2 Å². The van der Waals surface area contributed by atoms with Gasteiger partial charge in [0.2, 0.25) is 0 Å². The number of benzene rings is 2. The Bertz CT molecular complexity index is 606. The summed E-state index contributed by atoms with van der Waals surface area (Å²) in [4.78, 5) is 12.1. The number of aliphatic hydroxyl groups excluding tert-OH is 1. The highest BCUT2D eigenvalue weighted by Crippen LogP contribution is 2.17. The van der Waals surface area contributed by atoms with Crippen molar-refractivity contribution in [2.45, 2.75) is 19.3 Å². The molecule has 0 aliphatic rings. The van der Waals surface area contributed by atoms with E-state index in [1.807, 2.05) is 36.4 Å². The van der Waals surface area contributed by atoms with Crippen molar-refractivity contribution in [1.29, 1.82) is 0 Å². The molecular weight excluding hydrogens is 319 g/mol. The summed E-state index contributed by atoms with van der Waals surface area (Å²) >= 11 is 11.7. The predicted octanol–water partition coefficient (Wildman–Crippen LogP) is 4.35. The van der Waals surface area contributed by atoms with Crippen molar-refractivity contribution < 1.29 is 9.90 Å². The Morgan fingerprint density at radius 2 is 1.41 bits per heavy atom. The van der Waals surface area contributed by atoms with Gasteiger partial charge in [-0.15, -0.1) is 0 Å². The molecule has 2 nitrogen and oxygen atoms in total. The van der Waals surface area contributed by atoms with Gasteiger partial charge in [-0.3, -0.25) is 4.79 Å². The van der Waals surface area contributed by atoms with Crippen molar-refractivity contribution >= 4 is 29.0 Å². The number of ketones is 1. The number of hydrogen-bond acceptors (Lipinski definition) is 2. The van der Waals surface area contributed by atoms with E-state index in [1.165, 1.54) is 0 Å². The van der Waals surface area contributed by atoms with Gasteiger partial charge in [0.15, 0.2) is 0 Å². The van der Waals surface area contributed by atoms with Crippen LogP contribution in [0.4, 0.5) is 0 Å². The Balaban J connectivity index is 1.90. The summed E-state index contributed by atoms with van der Waals surface area (Å²) in [7, 11) is 0. The zero-order chi connectivity index (χ0) is 15.9. The lowest BCUT2D eigenvalue weighted by molar-refractivity contribution is -0.119. The van der Waals surface area contributed by atoms with Crippen LogP contribution in [0.15, 0.2) is 48.5 Å². The molecule has 0 aromatic heterocycles. The van der Waals surface area contributed by atoms with Gasteiger partial charge < -0.3 is 5.11 Å². The lowest BCUT2D eigenvalue weighted by Gasteiger charge is -2.13. The van der Waals surface area contributed by atoms with E-state index in [0.29, 0.717) is 29.3 Å². The summed E-state index contributed by atoms with van der Waals surface area (Å²) < 4.78 is 0. The Morgan fingerprint density at radius 3 is 1.91 bits per heavy atom. The molecule has 0 spiro atoms. The largest absolute Gasteiger partial charge is 0.396 e. The first kappa shape index (κ1) is 17.0. The smallest absolute Gasteiger partial charge is 0.137 e. The highest BCUT2D eigenvalue weighted by molar-refractivity contribution is 6.30. The molecule has 0 aliphatic carbocycles. The molecule has 2 aromatic carbocycles. The molecule has 0 saturated heterocycles. The van der Waals surface area contributed by atoms with Crippen molar-refractivity contribution in [3.63, 3.8) is 0 Å². The van der Waals surface area contributed by atoms with Crippen LogP contribution in [0.3, 0.4) is 0 Å². The van der Waals surface area contributed by atoms with Gasteiger partial charge in [-0.1, -0.05) is 47.5 Å². The number of hydrogen-bond donors (Lipinski definition) is 1. The summed E-state index contributed by atoms with van der Waals surface area (Å²) in [5.74, 6) is 0.0521. The van der Waals surface area contributed by atoms with Crippen LogP contribution in [-0.2, 0) is 17.6 Å². The van der Waals surface area contributed by atoms with Crippen molar-refractivity contribution in [2.24, 2.45) is 5.92 Å². The molecule has 116 valence electrons. The summed E-state index contributed by atoms with van der Waals surface area (Å²) in [6.45, 7) is -0.00498. The first-order valence-electron chi connectivity index (χ1n) is 7.18. The van der Waals surface area contributed by atoms with Gasteiger partial charge in [-0.05, 0) is 47.7 Å². The minimum Gasteiger partial charge on any atom is -0.396 e. The van der Waals surface area contributed by atoms with Crippen LogP contribution in [0.1, 0.15) is 17.5 Å². The number of carbonyl (C=O) groups excluding carboxylic acids is 1. The van der Waals surface area contributed by atoms with E-state index < -0.39 is 0 Å². The number of halogens is 2. The zero-order valence-electron chi connectivity index (χ0n) is 12.1. The molecule has 4 heteroatoms. The van der Waals surface area contributed by atoms with Gasteiger partial charge in [0, 0.05) is 29.5 Å². The first-order valence-corrected chi connectivity index (χ1v) is 7.94. The molecule has 1 atom stereocenters. The van der Waals surface area contributed by atoms with Crippen LogP contribution < -0.4 is 0 Å². The van der Waals surface area contributed by atoms with Crippen LogP contribution in [0.25, 0.3) is 0 Å². The Morgan fingerprint density at radius 1 is 0.909 bits per heavy atom. The third-order valence-electron chi connectivity index (χ3n) is 3.53. The van der Waals surface area contributed by atoms with Crippen LogP contribution >= 0.6 is 23.2 Å². The molecule has 0 fully saturated rings. The topological polar surface area (TPSA) is 37.3 Å². The third-order valence-corrected chi connectivity index (χ3v) is 4.03. The second kappa shape index (κ2) is 8.33. The molecule has 2 aromatic rings. The average molecular weight is 337 g/mol. The predicted molar refractivity (Wildman–Crippen MR) is 90.5 cm³/mol. The lowest BCUT2D eigenvalue weighted by Crippen LogP contribution is -2.16. The van der Waals surface area contributed by atoms with Crippen LogP contribution in [0.2, 0.25) is 10.0 Å². The molecule has 1 N–H and O–H groups in total. The molecule has 0 radical (unpaired) electrons. The Hall–Kier alpha value is -1.35. The minimum atomic E-state index is -0.0685. The van der Waals surface area contributed by atoms with E-state index in [1.54, 1.807) is 12.1 Å². The van der Waals surface area contributed by atoms with Crippen molar-refractivity contribution in [3.8, 4) is 0 Å². The van der Waals surface area contributed by atoms with Crippen LogP contribution in [-0.4, -0.2) is 17.5 Å². The van der Waals surface area contributed by atoms with E-state index in [2.05, 4.69) is 0 Å². The highest BCUT2D eigenvalue weighted by Gasteiger charge is 2.14. The lowest BCUT2D eigenvalue weighted by atomic mass is 9.93. The van der Waals surface area contributed by atoms with Crippen molar-refractivity contribution in [1.82, 2.24) is 0 Å². The second-order valence-corrected chi connectivity index (χ2v) is 6.30. The third kappa shape index (κ3) is 5.45. The van der Waals surface area contributed by atoms with E-state index >= 15 is 0 Å². The van der Waals surface area contributed by atoms with Gasteiger partial charge in [0.25, 0.3) is 0 Å². The van der Waals surface area contributed by atoms with Gasteiger partial charge in [-0.25, -0.2) is 0 Å². The number of aliphatic hydroxyl groups is 1. The minimum absolute atomic E-state index is 0.00498. The Labute approximate surface area is 140 Å². The molecule has 0 saturated carbocycles. The summed E-state index contributed by atoms with van der Waals surface area (Å²) in [5.41, 5.74) is 2.01. The summed E-state index contributed by atoms with van der Waals surface area (Å²) in [5, 5.41) is 10.8. The molecule has 22 heavy (non-hydrogen) atoms. The maximum Gasteiger partial charge on any atom is 0.137 e. The monoisotopic (exact) mass is 336 g/mol. The van der Waals surface area contributed by atoms with Crippen LogP contribution in [0, 0.1) is 5.92 Å². The number of carbonyl (C=O) groups is 1. The molecular formula is C18H18Cl2O2. The van der Waals surface area contributed by atoms with Gasteiger partial charge in [-0.2, -0.15) is 0 Å². The fourth-order valence-electron chi connectivity index (χ4n) is 2.38. The quantitative estimate of drug-likeness (QED) is 0.816. The van der Waals surface area contributed by atoms with Gasteiger partial charge in [0.05, 0.1) is 0 Å². The maximum absolute atomic E-state index is 12.1. The van der Waals surface area contributed by atoms with E-state index in [9.17, 15) is 9.90 Å². The SMILES string of the molecule is O=C(Cc1ccc(Cl)cc1)CC(CO)Cc1ccc(Cl)cc1. The van der Waals surface area contributed by atoms with Gasteiger partial charge >= 0.3 is 0 Å². The van der Waals surface area contributed by atoms with Gasteiger partial charge in [0.1, 0.15) is 5.78 Å². The molecule has 0 aliphatic heterocycles. The fourth-order valence-corrected chi connectivity index (χ4v) is 2.63. The summed E-state index contributed by atoms with van der Waals surface area (Å²) in [6.07, 6.45) is 1.40. The van der Waals surface area contributed by atoms with Crippen molar-refractivity contribution in [2.75, 3.05) is 6.61 Å². The molecule has 1 unspecified atom stereocenters. The molecule has 2 rings (SSSR count). The molecule has 0 amide bonds. The molecule has 0 bridgehead atoms. The fraction of sp³-hybridized carbons (Fsp3) is 0.278. The highest BCUT2D eigenvalue weighted by atomic mass is 35.5. The molecule has 0 heterocycles. The maximum atomic E-state index is 12.1. The zero-order valence-corrected chi connectivity index (χ0v) is 13.6. The average Bonchev–Trinajstić information content (AvgIpc) is 2.51. The van der Waals surface area contributed by atoms with Crippen molar-refractivity contribution in [3.05, 3.63) is 69.7 Å². The number of rotatable bonds is 7. The summed E-state index contributed by atoms with van der Waals surface area (Å²) in [6, 6.07) is 14.8. The Kier molecular flexibility index (Phi) is 6.44. The number of Topliss-reactive ketones (excluding diaryl/α,β-unsaturated/α-hetero) is 1. The first-order chi connectivity index (χ1) is 10.6. The van der Waals surface area contributed by atoms with E-state index in [0.717, 1.165) is 11.1 Å². The second-order valence-electron chi connectivity index (χ2n) is 5.43. The standard InChI is InChI=1S/C18H18Cl2O2/c19-16-5-1-13(2-6-16)9-15(12-21)11-18(22)10-14-3-7-17(20)8-4-14/h1-8,15,21H,9-12H2. The van der Waals surface area contributed by atoms with E-state index in [-0.39, 0.29) is 18.3 Å². The van der Waals surface area contributed by atoms with Crippen LogP contribution in [0.5, 0.6) is 0 Å².